The molecule has 0 atom stereocenters. The minimum absolute atomic E-state index is 0. The second-order valence-electron chi connectivity index (χ2n) is 4.25. The normalized spacial score (nSPS) is 10.7. The largest absolute Gasteiger partial charge is 0.416 e. The van der Waals surface area contributed by atoms with Crippen molar-refractivity contribution in [2.75, 3.05) is 5.32 Å². The van der Waals surface area contributed by atoms with E-state index in [0.717, 1.165) is 12.1 Å². The molecule has 0 aliphatic carbocycles. The molecule has 0 saturated carbocycles. The van der Waals surface area contributed by atoms with Crippen molar-refractivity contribution in [3.05, 3.63) is 47.4 Å². The number of anilines is 2. The molecule has 0 saturated heterocycles. The monoisotopic (exact) mass is 332 g/mol. The maximum atomic E-state index is 12.7. The first-order chi connectivity index (χ1) is 9.77. The first-order valence-corrected chi connectivity index (χ1v) is 5.85. The second-order valence-corrected chi connectivity index (χ2v) is 4.25. The molecule has 0 aliphatic heterocycles. The second kappa shape index (κ2) is 6.61. The van der Waals surface area contributed by atoms with Crippen molar-refractivity contribution < 1.29 is 18.0 Å². The Bertz CT molecular complexity index is 691. The van der Waals surface area contributed by atoms with Crippen LogP contribution in [-0.2, 0) is 6.18 Å². The van der Waals surface area contributed by atoms with Crippen molar-refractivity contribution in [2.24, 2.45) is 5.73 Å². The Hall–Kier alpha value is -2.35. The Balaban J connectivity index is 0.00000242. The van der Waals surface area contributed by atoms with Crippen LogP contribution in [0, 0.1) is 6.92 Å². The van der Waals surface area contributed by atoms with Crippen LogP contribution in [0.1, 0.15) is 21.7 Å². The van der Waals surface area contributed by atoms with Crippen molar-refractivity contribution in [2.45, 2.75) is 13.1 Å². The lowest BCUT2D eigenvalue weighted by Crippen LogP contribution is -2.15. The zero-order valence-corrected chi connectivity index (χ0v) is 12.1. The number of halogens is 4. The van der Waals surface area contributed by atoms with Gasteiger partial charge < -0.3 is 11.1 Å². The van der Waals surface area contributed by atoms with Crippen molar-refractivity contribution >= 4 is 29.8 Å². The molecule has 5 nitrogen and oxygen atoms in total. The van der Waals surface area contributed by atoms with Gasteiger partial charge in [0.1, 0.15) is 17.2 Å². The minimum Gasteiger partial charge on any atom is -0.365 e. The summed E-state index contributed by atoms with van der Waals surface area (Å²) in [6, 6.07) is 4.55. The Kier molecular flexibility index (Phi) is 5.32. The number of benzene rings is 1. The average molecular weight is 333 g/mol. The van der Waals surface area contributed by atoms with Gasteiger partial charge >= 0.3 is 6.18 Å². The summed E-state index contributed by atoms with van der Waals surface area (Å²) in [5.74, 6) is -0.353. The van der Waals surface area contributed by atoms with E-state index >= 15 is 0 Å². The van der Waals surface area contributed by atoms with Crippen molar-refractivity contribution in [1.29, 1.82) is 0 Å². The van der Waals surface area contributed by atoms with Crippen LogP contribution in [0.2, 0.25) is 0 Å². The molecular weight excluding hydrogens is 321 g/mol. The van der Waals surface area contributed by atoms with Crippen LogP contribution in [0.3, 0.4) is 0 Å². The molecule has 22 heavy (non-hydrogen) atoms. The molecule has 0 bridgehead atoms. The van der Waals surface area contributed by atoms with E-state index in [1.54, 1.807) is 6.92 Å². The van der Waals surface area contributed by atoms with Crippen molar-refractivity contribution in [1.82, 2.24) is 9.97 Å². The van der Waals surface area contributed by atoms with E-state index in [9.17, 15) is 18.0 Å². The van der Waals surface area contributed by atoms with Crippen LogP contribution in [0.25, 0.3) is 0 Å². The van der Waals surface area contributed by atoms with E-state index in [1.807, 2.05) is 0 Å². The fourth-order valence-corrected chi connectivity index (χ4v) is 1.66. The third-order valence-electron chi connectivity index (χ3n) is 2.63. The maximum Gasteiger partial charge on any atom is 0.416 e. The molecule has 0 aliphatic rings. The maximum absolute atomic E-state index is 12.7. The van der Waals surface area contributed by atoms with Gasteiger partial charge in [0.25, 0.3) is 5.91 Å². The molecule has 2 aromatic rings. The van der Waals surface area contributed by atoms with Gasteiger partial charge in [-0.2, -0.15) is 13.2 Å². The number of nitrogens with zero attached hydrogens (tertiary/aromatic N) is 2. The lowest BCUT2D eigenvalue weighted by atomic mass is 10.2. The predicted octanol–water partition coefficient (Wildman–Crippen LogP) is 3.07. The van der Waals surface area contributed by atoms with Crippen LogP contribution < -0.4 is 11.1 Å². The lowest BCUT2D eigenvalue weighted by Gasteiger charge is -2.12. The molecule has 0 radical (unpaired) electrons. The van der Waals surface area contributed by atoms with Crippen LogP contribution in [-0.4, -0.2) is 15.9 Å². The van der Waals surface area contributed by atoms with Gasteiger partial charge in [-0.1, -0.05) is 6.07 Å². The third kappa shape index (κ3) is 4.08. The first-order valence-electron chi connectivity index (χ1n) is 5.85. The Labute approximate surface area is 130 Å². The van der Waals surface area contributed by atoms with Gasteiger partial charge in [-0.15, -0.1) is 12.4 Å². The number of rotatable bonds is 3. The number of primary amides is 1. The fourth-order valence-electron chi connectivity index (χ4n) is 1.66. The molecule has 0 unspecified atom stereocenters. The SMILES string of the molecule is Cc1ncc(C(N)=O)c(Nc2cccc(C(F)(F)F)c2)n1.Cl. The number of nitrogens with one attached hydrogen (secondary N) is 1. The van der Waals surface area contributed by atoms with E-state index < -0.39 is 17.6 Å². The topological polar surface area (TPSA) is 80.9 Å². The number of nitrogens with two attached hydrogens (primary N) is 1. The zero-order valence-electron chi connectivity index (χ0n) is 11.3. The van der Waals surface area contributed by atoms with E-state index in [1.165, 1.54) is 18.3 Å². The van der Waals surface area contributed by atoms with Gasteiger partial charge in [0.05, 0.1) is 5.56 Å². The fraction of sp³-hybridized carbons (Fsp3) is 0.154. The summed E-state index contributed by atoms with van der Waals surface area (Å²) in [7, 11) is 0. The highest BCUT2D eigenvalue weighted by atomic mass is 35.5. The Morgan fingerprint density at radius 1 is 1.32 bits per heavy atom. The van der Waals surface area contributed by atoms with Gasteiger partial charge in [-0.25, -0.2) is 9.97 Å². The lowest BCUT2D eigenvalue weighted by molar-refractivity contribution is -0.137. The molecule has 3 N–H and O–H groups in total. The van der Waals surface area contributed by atoms with E-state index in [4.69, 9.17) is 5.73 Å². The molecule has 9 heteroatoms. The average Bonchev–Trinajstić information content (AvgIpc) is 2.37. The van der Waals surface area contributed by atoms with E-state index in [0.29, 0.717) is 5.82 Å². The quantitative estimate of drug-likeness (QED) is 0.905. The highest BCUT2D eigenvalue weighted by Gasteiger charge is 2.30. The number of carbonyl (C=O) groups is 1. The molecule has 1 amide bonds. The highest BCUT2D eigenvalue weighted by molar-refractivity contribution is 5.97. The number of aromatic nitrogens is 2. The number of carbonyl (C=O) groups excluding carboxylic acids is 1. The minimum atomic E-state index is -4.45. The molecule has 0 fully saturated rings. The van der Waals surface area contributed by atoms with E-state index in [2.05, 4.69) is 15.3 Å². The Morgan fingerprint density at radius 2 is 2.00 bits per heavy atom. The smallest absolute Gasteiger partial charge is 0.365 e. The van der Waals surface area contributed by atoms with E-state index in [-0.39, 0.29) is 29.5 Å². The summed E-state index contributed by atoms with van der Waals surface area (Å²) in [6.07, 6.45) is -3.23. The summed E-state index contributed by atoms with van der Waals surface area (Å²) in [5.41, 5.74) is 4.51. The molecule has 1 heterocycles. The van der Waals surface area contributed by atoms with Gasteiger partial charge in [0, 0.05) is 11.9 Å². The zero-order chi connectivity index (χ0) is 15.6. The number of aryl methyl sites for hydroxylation is 1. The summed E-state index contributed by atoms with van der Waals surface area (Å²) in [4.78, 5) is 19.1. The van der Waals surface area contributed by atoms with Crippen LogP contribution in [0.4, 0.5) is 24.7 Å². The Morgan fingerprint density at radius 3 is 2.59 bits per heavy atom. The molecule has 118 valence electrons. The molecule has 0 spiro atoms. The summed E-state index contributed by atoms with van der Waals surface area (Å²) in [5, 5.41) is 2.66. The molecule has 2 rings (SSSR count). The number of alkyl halides is 3. The van der Waals surface area contributed by atoms with Crippen molar-refractivity contribution in [3.8, 4) is 0 Å². The summed E-state index contributed by atoms with van der Waals surface area (Å²) < 4.78 is 38.0. The third-order valence-corrected chi connectivity index (χ3v) is 2.63. The van der Waals surface area contributed by atoms with Crippen LogP contribution in [0.15, 0.2) is 30.5 Å². The molecular formula is C13H12ClF3N4O. The van der Waals surface area contributed by atoms with Gasteiger partial charge in [-0.05, 0) is 25.1 Å². The predicted molar refractivity (Wildman–Crippen MR) is 77.3 cm³/mol. The van der Waals surface area contributed by atoms with Gasteiger partial charge in [-0.3, -0.25) is 4.79 Å². The van der Waals surface area contributed by atoms with Crippen LogP contribution in [0.5, 0.6) is 0 Å². The summed E-state index contributed by atoms with van der Waals surface area (Å²) >= 11 is 0. The number of hydrogen-bond acceptors (Lipinski definition) is 4. The molecule has 1 aromatic heterocycles. The molecule has 1 aromatic carbocycles. The van der Waals surface area contributed by atoms with Crippen molar-refractivity contribution in [3.63, 3.8) is 0 Å². The first kappa shape index (κ1) is 17.7. The highest BCUT2D eigenvalue weighted by Crippen LogP contribution is 2.31. The number of amides is 1. The van der Waals surface area contributed by atoms with Crippen LogP contribution >= 0.6 is 12.4 Å². The van der Waals surface area contributed by atoms with Gasteiger partial charge in [0.2, 0.25) is 0 Å². The standard InChI is InChI=1S/C13H11F3N4O.ClH/c1-7-18-6-10(11(17)21)12(19-7)20-9-4-2-3-8(5-9)13(14,15)16;/h2-6H,1H3,(H2,17,21)(H,18,19,20);1H. The van der Waals surface area contributed by atoms with Gasteiger partial charge in [0.15, 0.2) is 0 Å². The summed E-state index contributed by atoms with van der Waals surface area (Å²) in [6.45, 7) is 1.59. The number of hydrogen-bond donors (Lipinski definition) is 2.